The van der Waals surface area contributed by atoms with Gasteiger partial charge in [0.1, 0.15) is 0 Å². The molecule has 0 N–H and O–H groups in total. The predicted molar refractivity (Wildman–Crippen MR) is 89.0 cm³/mol. The molecular formula is C16H13IN2O. The first-order chi connectivity index (χ1) is 9.63. The summed E-state index contributed by atoms with van der Waals surface area (Å²) in [7, 11) is 0. The lowest BCUT2D eigenvalue weighted by Gasteiger charge is -2.07. The van der Waals surface area contributed by atoms with Gasteiger partial charge in [0.25, 0.3) is 5.56 Å². The zero-order chi connectivity index (χ0) is 14.1. The highest BCUT2D eigenvalue weighted by Gasteiger charge is 2.05. The van der Waals surface area contributed by atoms with E-state index in [1.807, 2.05) is 43.3 Å². The molecular weight excluding hydrogens is 363 g/mol. The van der Waals surface area contributed by atoms with Gasteiger partial charge in [0.05, 0.1) is 23.8 Å². The molecule has 1 aromatic heterocycles. The van der Waals surface area contributed by atoms with Gasteiger partial charge in [-0.1, -0.05) is 29.8 Å². The van der Waals surface area contributed by atoms with Crippen LogP contribution in [-0.4, -0.2) is 9.55 Å². The monoisotopic (exact) mass is 376 g/mol. The van der Waals surface area contributed by atoms with E-state index in [9.17, 15) is 4.79 Å². The summed E-state index contributed by atoms with van der Waals surface area (Å²) < 4.78 is 2.70. The first-order valence-corrected chi connectivity index (χ1v) is 7.41. The SMILES string of the molecule is Cc1cccc(Cn2cnc3ccc(I)cc3c2=O)c1. The van der Waals surface area contributed by atoms with Gasteiger partial charge in [0, 0.05) is 3.57 Å². The molecule has 3 rings (SSSR count). The molecule has 0 bridgehead atoms. The maximum atomic E-state index is 12.5. The number of benzene rings is 2. The number of halogens is 1. The van der Waals surface area contributed by atoms with Crippen LogP contribution in [0.15, 0.2) is 53.6 Å². The smallest absolute Gasteiger partial charge is 0.261 e. The molecule has 0 atom stereocenters. The Morgan fingerprint density at radius 3 is 2.85 bits per heavy atom. The Labute approximate surface area is 130 Å². The summed E-state index contributed by atoms with van der Waals surface area (Å²) in [6.07, 6.45) is 1.62. The van der Waals surface area contributed by atoms with E-state index in [-0.39, 0.29) is 5.56 Å². The molecule has 100 valence electrons. The van der Waals surface area contributed by atoms with E-state index in [0.717, 1.165) is 14.7 Å². The van der Waals surface area contributed by atoms with Crippen molar-refractivity contribution in [2.75, 3.05) is 0 Å². The third-order valence-corrected chi connectivity index (χ3v) is 3.89. The Morgan fingerprint density at radius 2 is 2.05 bits per heavy atom. The molecule has 0 aliphatic rings. The first kappa shape index (κ1) is 13.3. The van der Waals surface area contributed by atoms with Crippen LogP contribution in [-0.2, 0) is 6.54 Å². The number of hydrogen-bond donors (Lipinski definition) is 0. The molecule has 4 heteroatoms. The van der Waals surface area contributed by atoms with E-state index < -0.39 is 0 Å². The second-order valence-corrected chi connectivity index (χ2v) is 6.07. The second-order valence-electron chi connectivity index (χ2n) is 4.83. The average Bonchev–Trinajstić information content (AvgIpc) is 2.43. The number of aryl methyl sites for hydroxylation is 1. The van der Waals surface area contributed by atoms with Crippen molar-refractivity contribution in [1.82, 2.24) is 9.55 Å². The summed E-state index contributed by atoms with van der Waals surface area (Å²) in [5, 5.41) is 0.673. The lowest BCUT2D eigenvalue weighted by molar-refractivity contribution is 0.748. The van der Waals surface area contributed by atoms with Crippen molar-refractivity contribution in [1.29, 1.82) is 0 Å². The summed E-state index contributed by atoms with van der Waals surface area (Å²) >= 11 is 2.21. The molecule has 0 aliphatic carbocycles. The molecule has 0 unspecified atom stereocenters. The molecule has 3 aromatic rings. The van der Waals surface area contributed by atoms with Gasteiger partial charge in [-0.05, 0) is 53.3 Å². The minimum Gasteiger partial charge on any atom is -0.294 e. The minimum absolute atomic E-state index is 0.00928. The Morgan fingerprint density at radius 1 is 1.20 bits per heavy atom. The summed E-state index contributed by atoms with van der Waals surface area (Å²) in [5.41, 5.74) is 3.06. The second kappa shape index (κ2) is 5.36. The Kier molecular flexibility index (Phi) is 3.56. The largest absolute Gasteiger partial charge is 0.294 e. The van der Waals surface area contributed by atoms with Gasteiger partial charge in [-0.25, -0.2) is 4.98 Å². The van der Waals surface area contributed by atoms with Crippen LogP contribution >= 0.6 is 22.6 Å². The van der Waals surface area contributed by atoms with Crippen molar-refractivity contribution in [2.24, 2.45) is 0 Å². The normalized spacial score (nSPS) is 10.9. The first-order valence-electron chi connectivity index (χ1n) is 6.34. The molecule has 0 saturated carbocycles. The maximum Gasteiger partial charge on any atom is 0.261 e. The predicted octanol–water partition coefficient (Wildman–Crippen LogP) is 3.36. The zero-order valence-electron chi connectivity index (χ0n) is 11.0. The van der Waals surface area contributed by atoms with E-state index in [0.29, 0.717) is 11.9 Å². The standard InChI is InChI=1S/C16H13IN2O/c1-11-3-2-4-12(7-11)9-19-10-18-15-6-5-13(17)8-14(15)16(19)20/h2-8,10H,9H2,1H3. The average molecular weight is 376 g/mol. The van der Waals surface area contributed by atoms with Crippen LogP contribution in [0.5, 0.6) is 0 Å². The molecule has 0 radical (unpaired) electrons. The highest BCUT2D eigenvalue weighted by molar-refractivity contribution is 14.1. The molecule has 0 saturated heterocycles. The minimum atomic E-state index is 0.00928. The lowest BCUT2D eigenvalue weighted by Crippen LogP contribution is -2.21. The Balaban J connectivity index is 2.08. The molecule has 0 amide bonds. The number of aromatic nitrogens is 2. The zero-order valence-corrected chi connectivity index (χ0v) is 13.2. The molecule has 0 fully saturated rings. The lowest BCUT2D eigenvalue weighted by atomic mass is 10.1. The Hall–Kier alpha value is -1.69. The summed E-state index contributed by atoms with van der Waals surface area (Å²) in [5.74, 6) is 0. The quantitative estimate of drug-likeness (QED) is 0.643. The number of fused-ring (bicyclic) bond motifs is 1. The Bertz CT molecular complexity index is 839. The topological polar surface area (TPSA) is 34.9 Å². The fraction of sp³-hybridized carbons (Fsp3) is 0.125. The van der Waals surface area contributed by atoms with Gasteiger partial charge in [-0.3, -0.25) is 9.36 Å². The van der Waals surface area contributed by atoms with Crippen molar-refractivity contribution in [2.45, 2.75) is 13.5 Å². The van der Waals surface area contributed by atoms with Gasteiger partial charge in [0.15, 0.2) is 0 Å². The van der Waals surface area contributed by atoms with Crippen LogP contribution in [0, 0.1) is 10.5 Å². The number of rotatable bonds is 2. The van der Waals surface area contributed by atoms with Crippen LogP contribution in [0.2, 0.25) is 0 Å². The van der Waals surface area contributed by atoms with Crippen LogP contribution in [0.3, 0.4) is 0 Å². The fourth-order valence-corrected chi connectivity index (χ4v) is 2.74. The molecule has 3 nitrogen and oxygen atoms in total. The van der Waals surface area contributed by atoms with Gasteiger partial charge >= 0.3 is 0 Å². The van der Waals surface area contributed by atoms with E-state index in [1.165, 1.54) is 5.56 Å². The summed E-state index contributed by atoms with van der Waals surface area (Å²) in [6, 6.07) is 13.9. The van der Waals surface area contributed by atoms with Crippen molar-refractivity contribution in [3.8, 4) is 0 Å². The van der Waals surface area contributed by atoms with Crippen molar-refractivity contribution < 1.29 is 0 Å². The van der Waals surface area contributed by atoms with Crippen molar-refractivity contribution in [3.05, 3.63) is 73.8 Å². The van der Waals surface area contributed by atoms with Crippen LogP contribution in [0.25, 0.3) is 10.9 Å². The van der Waals surface area contributed by atoms with Crippen LogP contribution in [0.4, 0.5) is 0 Å². The molecule has 20 heavy (non-hydrogen) atoms. The van der Waals surface area contributed by atoms with E-state index in [4.69, 9.17) is 0 Å². The molecule has 2 aromatic carbocycles. The van der Waals surface area contributed by atoms with Gasteiger partial charge < -0.3 is 0 Å². The summed E-state index contributed by atoms with van der Waals surface area (Å²) in [4.78, 5) is 16.9. The van der Waals surface area contributed by atoms with Gasteiger partial charge in [-0.15, -0.1) is 0 Å². The maximum absolute atomic E-state index is 12.5. The third kappa shape index (κ3) is 2.60. The molecule has 0 aliphatic heterocycles. The molecule has 1 heterocycles. The third-order valence-electron chi connectivity index (χ3n) is 3.22. The van der Waals surface area contributed by atoms with E-state index in [2.05, 4.69) is 33.6 Å². The highest BCUT2D eigenvalue weighted by Crippen LogP contribution is 2.12. The van der Waals surface area contributed by atoms with Crippen molar-refractivity contribution >= 4 is 33.5 Å². The molecule has 0 spiro atoms. The fourth-order valence-electron chi connectivity index (χ4n) is 2.25. The van der Waals surface area contributed by atoms with E-state index >= 15 is 0 Å². The van der Waals surface area contributed by atoms with Crippen LogP contribution < -0.4 is 5.56 Å². The number of nitrogens with zero attached hydrogens (tertiary/aromatic N) is 2. The highest BCUT2D eigenvalue weighted by atomic mass is 127. The van der Waals surface area contributed by atoms with Crippen LogP contribution in [0.1, 0.15) is 11.1 Å². The summed E-state index contributed by atoms with van der Waals surface area (Å²) in [6.45, 7) is 2.60. The van der Waals surface area contributed by atoms with Gasteiger partial charge in [0.2, 0.25) is 0 Å². The van der Waals surface area contributed by atoms with E-state index in [1.54, 1.807) is 10.9 Å². The number of hydrogen-bond acceptors (Lipinski definition) is 2. The van der Waals surface area contributed by atoms with Crippen molar-refractivity contribution in [3.63, 3.8) is 0 Å². The van der Waals surface area contributed by atoms with Gasteiger partial charge in [-0.2, -0.15) is 0 Å².